The number of phenolic OH excluding ortho intramolecular Hbond substituents is 1. The van der Waals surface area contributed by atoms with Gasteiger partial charge in [-0.1, -0.05) is 15.9 Å². The Kier molecular flexibility index (Phi) is 4.61. The number of aliphatic carboxylic acids is 1. The number of carbonyl (C=O) groups is 1. The minimum Gasteiger partial charge on any atom is -0.504 e. The molecule has 0 saturated carbocycles. The zero-order valence-corrected chi connectivity index (χ0v) is 10.5. The van der Waals surface area contributed by atoms with Crippen LogP contribution in [0, 0.1) is 0 Å². The topological polar surface area (TPSA) is 66.8 Å². The maximum Gasteiger partial charge on any atom is 0.303 e. The fourth-order valence-corrected chi connectivity index (χ4v) is 1.90. The van der Waals surface area contributed by atoms with E-state index in [-0.39, 0.29) is 12.2 Å². The highest BCUT2D eigenvalue weighted by Gasteiger charge is 2.08. The number of aryl methyl sites for hydroxylation is 1. The van der Waals surface area contributed by atoms with E-state index < -0.39 is 5.97 Å². The monoisotopic (exact) mass is 288 g/mol. The van der Waals surface area contributed by atoms with Gasteiger partial charge < -0.3 is 14.9 Å². The van der Waals surface area contributed by atoms with Crippen LogP contribution in [0.3, 0.4) is 0 Å². The number of phenols is 1. The third-order valence-electron chi connectivity index (χ3n) is 2.18. The summed E-state index contributed by atoms with van der Waals surface area (Å²) in [6.45, 7) is 0. The van der Waals surface area contributed by atoms with Gasteiger partial charge in [-0.25, -0.2) is 0 Å². The molecule has 0 unspecified atom stereocenters. The van der Waals surface area contributed by atoms with E-state index in [1.165, 1.54) is 7.11 Å². The number of benzene rings is 1. The molecule has 0 saturated heterocycles. The van der Waals surface area contributed by atoms with Gasteiger partial charge in [-0.2, -0.15) is 0 Å². The average molecular weight is 289 g/mol. The van der Waals surface area contributed by atoms with Crippen LogP contribution in [-0.4, -0.2) is 23.3 Å². The number of methoxy groups -OCH3 is 1. The van der Waals surface area contributed by atoms with Gasteiger partial charge in [-0.15, -0.1) is 0 Å². The predicted octanol–water partition coefficient (Wildman–Crippen LogP) is 2.57. The molecule has 0 aliphatic carbocycles. The van der Waals surface area contributed by atoms with E-state index in [9.17, 15) is 9.90 Å². The van der Waals surface area contributed by atoms with Crippen molar-refractivity contribution < 1.29 is 19.7 Å². The van der Waals surface area contributed by atoms with Crippen LogP contribution in [0.4, 0.5) is 0 Å². The standard InChI is InChI=1S/C11H13BrO4/c1-16-10-5-7(3-2-4-11(14)15)8(12)6-9(10)13/h5-6,13H,2-4H2,1H3,(H,14,15). The van der Waals surface area contributed by atoms with Crippen molar-refractivity contribution in [3.63, 3.8) is 0 Å². The molecule has 0 aliphatic heterocycles. The summed E-state index contributed by atoms with van der Waals surface area (Å²) in [5.74, 6) is -0.341. The van der Waals surface area contributed by atoms with Gasteiger partial charge in [0.25, 0.3) is 0 Å². The first kappa shape index (κ1) is 12.8. The van der Waals surface area contributed by atoms with Gasteiger partial charge in [0.05, 0.1) is 7.11 Å². The van der Waals surface area contributed by atoms with Crippen LogP contribution in [0.5, 0.6) is 11.5 Å². The Hall–Kier alpha value is -1.23. The van der Waals surface area contributed by atoms with Crippen LogP contribution in [0.1, 0.15) is 18.4 Å². The summed E-state index contributed by atoms with van der Waals surface area (Å²) in [7, 11) is 1.48. The molecular formula is C11H13BrO4. The number of carboxylic acids is 1. The number of aromatic hydroxyl groups is 1. The highest BCUT2D eigenvalue weighted by atomic mass is 79.9. The lowest BCUT2D eigenvalue weighted by Crippen LogP contribution is -1.97. The molecule has 1 rings (SSSR count). The van der Waals surface area contributed by atoms with Crippen molar-refractivity contribution in [2.75, 3.05) is 7.11 Å². The predicted molar refractivity (Wildman–Crippen MR) is 62.9 cm³/mol. The number of rotatable bonds is 5. The van der Waals surface area contributed by atoms with E-state index >= 15 is 0 Å². The van der Waals surface area contributed by atoms with Crippen LogP contribution < -0.4 is 4.74 Å². The summed E-state index contributed by atoms with van der Waals surface area (Å²) < 4.78 is 5.74. The Labute approximate surface area is 102 Å². The van der Waals surface area contributed by atoms with Crippen molar-refractivity contribution in [1.82, 2.24) is 0 Å². The van der Waals surface area contributed by atoms with Crippen molar-refractivity contribution in [1.29, 1.82) is 0 Å². The van der Waals surface area contributed by atoms with E-state index in [1.807, 2.05) is 0 Å². The minimum atomic E-state index is -0.804. The van der Waals surface area contributed by atoms with Gasteiger partial charge in [0.2, 0.25) is 0 Å². The maximum absolute atomic E-state index is 10.4. The van der Waals surface area contributed by atoms with Crippen molar-refractivity contribution in [3.8, 4) is 11.5 Å². The minimum absolute atomic E-state index is 0.0661. The highest BCUT2D eigenvalue weighted by molar-refractivity contribution is 9.10. The van der Waals surface area contributed by atoms with Gasteiger partial charge in [-0.3, -0.25) is 4.79 Å². The normalized spacial score (nSPS) is 10.1. The molecule has 16 heavy (non-hydrogen) atoms. The Balaban J connectivity index is 2.75. The first-order chi connectivity index (χ1) is 7.54. The molecule has 0 atom stereocenters. The molecule has 2 N–H and O–H groups in total. The number of hydrogen-bond acceptors (Lipinski definition) is 3. The summed E-state index contributed by atoms with van der Waals surface area (Å²) >= 11 is 3.31. The SMILES string of the molecule is COc1cc(CCCC(=O)O)c(Br)cc1O. The van der Waals surface area contributed by atoms with Crippen LogP contribution >= 0.6 is 15.9 Å². The largest absolute Gasteiger partial charge is 0.504 e. The molecule has 5 heteroatoms. The van der Waals surface area contributed by atoms with E-state index in [4.69, 9.17) is 9.84 Å². The molecule has 1 aromatic rings. The fourth-order valence-electron chi connectivity index (χ4n) is 1.37. The van der Waals surface area contributed by atoms with Crippen LogP contribution in [0.25, 0.3) is 0 Å². The summed E-state index contributed by atoms with van der Waals surface area (Å²) in [6, 6.07) is 3.26. The molecule has 0 fully saturated rings. The summed E-state index contributed by atoms with van der Waals surface area (Å²) in [5, 5.41) is 18.0. The third-order valence-corrected chi connectivity index (χ3v) is 2.92. The van der Waals surface area contributed by atoms with Gasteiger partial charge in [0.15, 0.2) is 11.5 Å². The number of carboxylic acid groups (broad SMARTS) is 1. The van der Waals surface area contributed by atoms with E-state index in [0.29, 0.717) is 18.6 Å². The molecular weight excluding hydrogens is 276 g/mol. The highest BCUT2D eigenvalue weighted by Crippen LogP contribution is 2.32. The molecule has 88 valence electrons. The molecule has 0 aliphatic rings. The Bertz CT molecular complexity index is 390. The maximum atomic E-state index is 10.4. The molecule has 1 aromatic carbocycles. The van der Waals surface area contributed by atoms with E-state index in [2.05, 4.69) is 15.9 Å². The zero-order valence-electron chi connectivity index (χ0n) is 8.86. The van der Waals surface area contributed by atoms with Gasteiger partial charge >= 0.3 is 5.97 Å². The van der Waals surface area contributed by atoms with Gasteiger partial charge in [-0.05, 0) is 30.5 Å². The Morgan fingerprint density at radius 3 is 2.75 bits per heavy atom. The van der Waals surface area contributed by atoms with Crippen molar-refractivity contribution in [3.05, 3.63) is 22.2 Å². The zero-order chi connectivity index (χ0) is 12.1. The quantitative estimate of drug-likeness (QED) is 0.874. The Morgan fingerprint density at radius 2 is 2.19 bits per heavy atom. The third kappa shape index (κ3) is 3.41. The number of hydrogen-bond donors (Lipinski definition) is 2. The van der Waals surface area contributed by atoms with E-state index in [0.717, 1.165) is 10.0 Å². The lowest BCUT2D eigenvalue weighted by atomic mass is 10.1. The number of halogens is 1. The van der Waals surface area contributed by atoms with Crippen LogP contribution in [0.2, 0.25) is 0 Å². The van der Waals surface area contributed by atoms with Crippen LogP contribution in [0.15, 0.2) is 16.6 Å². The summed E-state index contributed by atoms with van der Waals surface area (Å²) in [4.78, 5) is 10.4. The molecule has 0 radical (unpaired) electrons. The van der Waals surface area contributed by atoms with Gasteiger partial charge in [0, 0.05) is 10.9 Å². The summed E-state index contributed by atoms with van der Waals surface area (Å²) in [6.07, 6.45) is 1.32. The van der Waals surface area contributed by atoms with Crippen molar-refractivity contribution in [2.24, 2.45) is 0 Å². The first-order valence-electron chi connectivity index (χ1n) is 4.81. The lowest BCUT2D eigenvalue weighted by Gasteiger charge is -2.08. The van der Waals surface area contributed by atoms with Crippen molar-refractivity contribution >= 4 is 21.9 Å². The smallest absolute Gasteiger partial charge is 0.303 e. The van der Waals surface area contributed by atoms with E-state index in [1.54, 1.807) is 12.1 Å². The summed E-state index contributed by atoms with van der Waals surface area (Å²) in [5.41, 5.74) is 0.927. The van der Waals surface area contributed by atoms with Crippen molar-refractivity contribution in [2.45, 2.75) is 19.3 Å². The molecule has 4 nitrogen and oxygen atoms in total. The second-order valence-corrected chi connectivity index (χ2v) is 4.22. The first-order valence-corrected chi connectivity index (χ1v) is 5.61. The fraction of sp³-hybridized carbons (Fsp3) is 0.364. The molecule has 0 bridgehead atoms. The average Bonchev–Trinajstić information content (AvgIpc) is 2.20. The number of ether oxygens (including phenoxy) is 1. The second kappa shape index (κ2) is 5.75. The molecule has 0 amide bonds. The second-order valence-electron chi connectivity index (χ2n) is 3.36. The van der Waals surface area contributed by atoms with Crippen LogP contribution in [-0.2, 0) is 11.2 Å². The van der Waals surface area contributed by atoms with Gasteiger partial charge in [0.1, 0.15) is 0 Å². The lowest BCUT2D eigenvalue weighted by molar-refractivity contribution is -0.137. The molecule has 0 spiro atoms. The Morgan fingerprint density at radius 1 is 1.50 bits per heavy atom. The molecule has 0 aromatic heterocycles. The molecule has 0 heterocycles.